The molecule has 1 aliphatic heterocycles. The van der Waals surface area contributed by atoms with Gasteiger partial charge in [-0.05, 0) is 42.6 Å². The average Bonchev–Trinajstić information content (AvgIpc) is 2.84. The Morgan fingerprint density at radius 2 is 2.00 bits per heavy atom. The molecule has 0 radical (unpaired) electrons. The highest BCUT2D eigenvalue weighted by Crippen LogP contribution is 2.31. The smallest absolute Gasteiger partial charge is 0.267 e. The van der Waals surface area contributed by atoms with Gasteiger partial charge in [0.1, 0.15) is 0 Å². The van der Waals surface area contributed by atoms with E-state index < -0.39 is 5.91 Å². The number of thiocarbonyl (C=S) groups is 1. The SMILES string of the molecule is O=C(NN1C(=O)C(=Cc2ccccn2)SC1=S)c1ccncc1. The van der Waals surface area contributed by atoms with Crippen molar-refractivity contribution in [3.63, 3.8) is 0 Å². The number of nitrogens with zero attached hydrogens (tertiary/aromatic N) is 3. The minimum Gasteiger partial charge on any atom is -0.267 e. The molecule has 0 aromatic carbocycles. The zero-order valence-electron chi connectivity index (χ0n) is 11.7. The quantitative estimate of drug-likeness (QED) is 0.679. The summed E-state index contributed by atoms with van der Waals surface area (Å²) in [7, 11) is 0. The zero-order chi connectivity index (χ0) is 16.2. The third-order valence-electron chi connectivity index (χ3n) is 2.92. The summed E-state index contributed by atoms with van der Waals surface area (Å²) < 4.78 is 0.264. The first-order valence-corrected chi connectivity index (χ1v) is 7.77. The summed E-state index contributed by atoms with van der Waals surface area (Å²) in [4.78, 5) is 32.9. The molecule has 2 aromatic rings. The topological polar surface area (TPSA) is 75.2 Å². The Balaban J connectivity index is 1.77. The van der Waals surface area contributed by atoms with Gasteiger partial charge in [-0.1, -0.05) is 17.8 Å². The highest BCUT2D eigenvalue weighted by molar-refractivity contribution is 8.26. The van der Waals surface area contributed by atoms with E-state index in [1.54, 1.807) is 36.5 Å². The normalized spacial score (nSPS) is 16.0. The van der Waals surface area contributed by atoms with Crippen molar-refractivity contribution in [2.24, 2.45) is 0 Å². The van der Waals surface area contributed by atoms with Gasteiger partial charge in [0.25, 0.3) is 11.8 Å². The molecule has 0 atom stereocenters. The first kappa shape index (κ1) is 15.3. The van der Waals surface area contributed by atoms with Crippen molar-refractivity contribution in [1.82, 2.24) is 20.4 Å². The number of thioether (sulfide) groups is 1. The van der Waals surface area contributed by atoms with Gasteiger partial charge in [-0.25, -0.2) is 0 Å². The molecule has 23 heavy (non-hydrogen) atoms. The van der Waals surface area contributed by atoms with Crippen LogP contribution in [0.1, 0.15) is 16.1 Å². The van der Waals surface area contributed by atoms with Crippen LogP contribution in [0.2, 0.25) is 0 Å². The maximum atomic E-state index is 12.4. The number of pyridine rings is 2. The molecule has 3 heterocycles. The van der Waals surface area contributed by atoms with Gasteiger partial charge in [0.2, 0.25) is 0 Å². The van der Waals surface area contributed by atoms with Crippen molar-refractivity contribution in [2.45, 2.75) is 0 Å². The van der Waals surface area contributed by atoms with Gasteiger partial charge in [0, 0.05) is 24.2 Å². The molecule has 1 N–H and O–H groups in total. The first-order valence-electron chi connectivity index (χ1n) is 6.55. The molecule has 2 aromatic heterocycles. The summed E-state index contributed by atoms with van der Waals surface area (Å²) in [5.41, 5.74) is 3.54. The van der Waals surface area contributed by atoms with Crippen LogP contribution in [0.15, 0.2) is 53.8 Å². The largest absolute Gasteiger partial charge is 0.285 e. The molecule has 1 aliphatic rings. The van der Waals surface area contributed by atoms with Crippen LogP contribution in [0.4, 0.5) is 0 Å². The van der Waals surface area contributed by atoms with Crippen molar-refractivity contribution in [2.75, 3.05) is 0 Å². The summed E-state index contributed by atoms with van der Waals surface area (Å²) >= 11 is 6.27. The lowest BCUT2D eigenvalue weighted by molar-refractivity contribution is -0.123. The lowest BCUT2D eigenvalue weighted by Crippen LogP contribution is -2.44. The molecule has 0 aliphatic carbocycles. The number of carbonyl (C=O) groups excluding carboxylic acids is 2. The summed E-state index contributed by atoms with van der Waals surface area (Å²) in [6, 6.07) is 8.50. The summed E-state index contributed by atoms with van der Waals surface area (Å²) in [5, 5.41) is 1.07. The number of carbonyl (C=O) groups is 2. The average molecular weight is 342 g/mol. The molecule has 2 amide bonds. The number of nitrogens with one attached hydrogen (secondary N) is 1. The first-order chi connectivity index (χ1) is 11.1. The third kappa shape index (κ3) is 3.43. The second-order valence-electron chi connectivity index (χ2n) is 4.45. The van der Waals surface area contributed by atoms with Crippen molar-refractivity contribution in [3.05, 3.63) is 65.1 Å². The van der Waals surface area contributed by atoms with E-state index in [2.05, 4.69) is 15.4 Å². The Kier molecular flexibility index (Phi) is 4.45. The van der Waals surface area contributed by atoms with Gasteiger partial charge in [-0.15, -0.1) is 0 Å². The van der Waals surface area contributed by atoms with E-state index in [9.17, 15) is 9.59 Å². The molecule has 1 saturated heterocycles. The molecule has 6 nitrogen and oxygen atoms in total. The second-order valence-corrected chi connectivity index (χ2v) is 6.12. The van der Waals surface area contributed by atoms with E-state index in [0.717, 1.165) is 16.8 Å². The lowest BCUT2D eigenvalue weighted by Gasteiger charge is -2.15. The van der Waals surface area contributed by atoms with Crippen molar-refractivity contribution in [3.8, 4) is 0 Å². The molecule has 8 heteroatoms. The van der Waals surface area contributed by atoms with E-state index in [4.69, 9.17) is 12.2 Å². The van der Waals surface area contributed by atoms with Crippen LogP contribution in [0.3, 0.4) is 0 Å². The standard InChI is InChI=1S/C15H10N4O2S2/c20-13(10-4-7-16-8-5-10)18-19-14(21)12(23-15(19)22)9-11-3-1-2-6-17-11/h1-9H,(H,18,20). The van der Waals surface area contributed by atoms with Crippen LogP contribution in [0, 0.1) is 0 Å². The van der Waals surface area contributed by atoms with E-state index in [0.29, 0.717) is 16.2 Å². The van der Waals surface area contributed by atoms with Crippen molar-refractivity contribution >= 4 is 46.2 Å². The fourth-order valence-corrected chi connectivity index (χ4v) is 2.99. The maximum absolute atomic E-state index is 12.4. The molecule has 0 spiro atoms. The van der Waals surface area contributed by atoms with E-state index in [-0.39, 0.29) is 10.2 Å². The van der Waals surface area contributed by atoms with Crippen LogP contribution >= 0.6 is 24.0 Å². The summed E-state index contributed by atoms with van der Waals surface area (Å²) in [5.74, 6) is -0.809. The maximum Gasteiger partial charge on any atom is 0.285 e. The third-order valence-corrected chi connectivity index (χ3v) is 4.22. The molecule has 0 saturated carbocycles. The molecular formula is C15H10N4O2S2. The highest BCUT2D eigenvalue weighted by atomic mass is 32.2. The molecule has 114 valence electrons. The van der Waals surface area contributed by atoms with Gasteiger partial charge >= 0.3 is 0 Å². The number of rotatable bonds is 3. The van der Waals surface area contributed by atoms with Gasteiger partial charge < -0.3 is 0 Å². The van der Waals surface area contributed by atoms with Crippen LogP contribution in [-0.2, 0) is 4.79 Å². The van der Waals surface area contributed by atoms with Gasteiger partial charge in [0.05, 0.1) is 10.6 Å². The van der Waals surface area contributed by atoms with Crippen LogP contribution in [-0.4, -0.2) is 31.1 Å². The van der Waals surface area contributed by atoms with Crippen molar-refractivity contribution in [1.29, 1.82) is 0 Å². The Labute approximate surface area is 141 Å². The lowest BCUT2D eigenvalue weighted by atomic mass is 10.2. The Bertz CT molecular complexity index is 794. The number of amides is 2. The molecule has 3 rings (SSSR count). The Hall–Kier alpha value is -2.58. The van der Waals surface area contributed by atoms with Crippen LogP contribution in [0.5, 0.6) is 0 Å². The van der Waals surface area contributed by atoms with Crippen LogP contribution < -0.4 is 5.43 Å². The number of aromatic nitrogens is 2. The summed E-state index contributed by atoms with van der Waals surface area (Å²) in [6.45, 7) is 0. The van der Waals surface area contributed by atoms with E-state index in [1.807, 2.05) is 6.07 Å². The second kappa shape index (κ2) is 6.67. The van der Waals surface area contributed by atoms with Crippen molar-refractivity contribution < 1.29 is 9.59 Å². The van der Waals surface area contributed by atoms with Gasteiger partial charge in [-0.3, -0.25) is 25.0 Å². The Morgan fingerprint density at radius 1 is 1.22 bits per heavy atom. The monoisotopic (exact) mass is 342 g/mol. The number of hydrazine groups is 1. The number of hydrogen-bond acceptors (Lipinski definition) is 6. The molecule has 0 bridgehead atoms. The van der Waals surface area contributed by atoms with Gasteiger partial charge in [0.15, 0.2) is 4.32 Å². The van der Waals surface area contributed by atoms with E-state index in [1.165, 1.54) is 12.4 Å². The molecular weight excluding hydrogens is 332 g/mol. The minimum atomic E-state index is -0.428. The van der Waals surface area contributed by atoms with Crippen LogP contribution in [0.25, 0.3) is 6.08 Å². The molecule has 1 fully saturated rings. The van der Waals surface area contributed by atoms with Gasteiger partial charge in [-0.2, -0.15) is 5.01 Å². The fourth-order valence-electron chi connectivity index (χ4n) is 1.83. The highest BCUT2D eigenvalue weighted by Gasteiger charge is 2.33. The van der Waals surface area contributed by atoms with E-state index >= 15 is 0 Å². The molecule has 0 unspecified atom stereocenters. The minimum absolute atomic E-state index is 0.264. The predicted molar refractivity (Wildman–Crippen MR) is 91.0 cm³/mol. The summed E-state index contributed by atoms with van der Waals surface area (Å²) in [6.07, 6.45) is 6.27. The zero-order valence-corrected chi connectivity index (χ0v) is 13.3. The number of hydrogen-bond donors (Lipinski definition) is 1. The predicted octanol–water partition coefficient (Wildman–Crippen LogP) is 2.02. The fraction of sp³-hybridized carbons (Fsp3) is 0. The Morgan fingerprint density at radius 3 is 2.70 bits per heavy atom.